The van der Waals surface area contributed by atoms with E-state index >= 15 is 0 Å². The van der Waals surface area contributed by atoms with Gasteiger partial charge in [-0.15, -0.1) is 0 Å². The van der Waals surface area contributed by atoms with E-state index < -0.39 is 0 Å². The molecule has 0 atom stereocenters. The molecule has 0 bridgehead atoms. The summed E-state index contributed by atoms with van der Waals surface area (Å²) in [5.74, 6) is 0. The van der Waals surface area contributed by atoms with E-state index in [9.17, 15) is 0 Å². The number of hydrogen-bond donors (Lipinski definition) is 1. The predicted octanol–water partition coefficient (Wildman–Crippen LogP) is 3.24. The molecule has 0 spiro atoms. The van der Waals surface area contributed by atoms with Gasteiger partial charge in [0.2, 0.25) is 0 Å². The van der Waals surface area contributed by atoms with Crippen LogP contribution >= 0.6 is 11.6 Å². The molecule has 3 heteroatoms. The number of para-hydroxylation sites is 1. The Morgan fingerprint density at radius 3 is 3.07 bits per heavy atom. The Kier molecular flexibility index (Phi) is 3.29. The lowest BCUT2D eigenvalue weighted by molar-refractivity contribution is 0.607. The zero-order valence-electron chi connectivity index (χ0n) is 8.72. The molecule has 2 rings (SSSR count). The number of rotatable bonds is 4. The third kappa shape index (κ3) is 2.16. The van der Waals surface area contributed by atoms with Crippen molar-refractivity contribution in [3.8, 4) is 0 Å². The Hall–Kier alpha value is -0.990. The molecule has 15 heavy (non-hydrogen) atoms. The van der Waals surface area contributed by atoms with Crippen molar-refractivity contribution in [1.29, 1.82) is 0 Å². The Morgan fingerprint density at radius 2 is 2.27 bits per heavy atom. The maximum absolute atomic E-state index is 6.03. The fourth-order valence-corrected chi connectivity index (χ4v) is 1.94. The minimum Gasteiger partial charge on any atom is -0.462 e. The maximum Gasteiger partial charge on any atom is 0.152 e. The molecule has 0 aliphatic heterocycles. The van der Waals surface area contributed by atoms with E-state index in [1.807, 2.05) is 25.4 Å². The van der Waals surface area contributed by atoms with Crippen LogP contribution in [0.2, 0.25) is 5.02 Å². The molecule has 0 unspecified atom stereocenters. The molecule has 80 valence electrons. The first-order chi connectivity index (χ1) is 7.33. The molecule has 0 saturated heterocycles. The highest BCUT2D eigenvalue weighted by atomic mass is 35.5. The van der Waals surface area contributed by atoms with E-state index in [1.165, 1.54) is 5.56 Å². The van der Waals surface area contributed by atoms with Gasteiger partial charge in [-0.05, 0) is 38.1 Å². The lowest BCUT2D eigenvalue weighted by Gasteiger charge is -1.98. The first-order valence-electron chi connectivity index (χ1n) is 5.12. The van der Waals surface area contributed by atoms with Crippen LogP contribution in [0.3, 0.4) is 0 Å². The van der Waals surface area contributed by atoms with Crippen molar-refractivity contribution in [3.63, 3.8) is 0 Å². The molecule has 2 aromatic rings. The number of furan rings is 1. The van der Waals surface area contributed by atoms with Crippen LogP contribution in [0.4, 0.5) is 0 Å². The van der Waals surface area contributed by atoms with Crippen LogP contribution in [-0.2, 0) is 6.42 Å². The molecule has 2 nitrogen and oxygen atoms in total. The van der Waals surface area contributed by atoms with Gasteiger partial charge in [-0.2, -0.15) is 0 Å². The molecule has 1 aromatic heterocycles. The highest BCUT2D eigenvalue weighted by molar-refractivity contribution is 6.34. The summed E-state index contributed by atoms with van der Waals surface area (Å²) in [6.45, 7) is 1.02. The van der Waals surface area contributed by atoms with Crippen LogP contribution in [0.1, 0.15) is 12.0 Å². The van der Waals surface area contributed by atoms with Gasteiger partial charge in [0, 0.05) is 5.39 Å². The van der Waals surface area contributed by atoms with Gasteiger partial charge in [-0.1, -0.05) is 23.7 Å². The average molecular weight is 224 g/mol. The van der Waals surface area contributed by atoms with Gasteiger partial charge in [0.1, 0.15) is 0 Å². The van der Waals surface area contributed by atoms with Gasteiger partial charge in [0.15, 0.2) is 5.58 Å². The molecular formula is C12H14ClNO. The standard InChI is InChI=1S/C12H14ClNO/c1-14-7-3-4-9-8-15-12-10(9)5-2-6-11(12)13/h2,5-6,8,14H,3-4,7H2,1H3. The Balaban J connectivity index is 2.25. The third-order valence-corrected chi connectivity index (χ3v) is 2.80. The summed E-state index contributed by atoms with van der Waals surface area (Å²) >= 11 is 6.03. The Bertz CT molecular complexity index is 450. The predicted molar refractivity (Wildman–Crippen MR) is 63.5 cm³/mol. The Morgan fingerprint density at radius 1 is 1.40 bits per heavy atom. The number of benzene rings is 1. The summed E-state index contributed by atoms with van der Waals surface area (Å²) in [5, 5.41) is 4.96. The van der Waals surface area contributed by atoms with Crippen LogP contribution < -0.4 is 5.32 Å². The number of hydrogen-bond acceptors (Lipinski definition) is 2. The van der Waals surface area contributed by atoms with Crippen molar-refractivity contribution in [3.05, 3.63) is 35.0 Å². The van der Waals surface area contributed by atoms with Crippen molar-refractivity contribution in [2.24, 2.45) is 0 Å². The molecule has 0 aliphatic carbocycles. The normalized spacial score (nSPS) is 11.1. The first kappa shape index (κ1) is 10.5. The van der Waals surface area contributed by atoms with E-state index in [0.717, 1.165) is 30.4 Å². The lowest BCUT2D eigenvalue weighted by Crippen LogP contribution is -2.08. The second-order valence-corrected chi connectivity index (χ2v) is 3.99. The molecule has 0 amide bonds. The third-order valence-electron chi connectivity index (χ3n) is 2.50. The Labute approximate surface area is 94.2 Å². The van der Waals surface area contributed by atoms with Gasteiger partial charge >= 0.3 is 0 Å². The largest absolute Gasteiger partial charge is 0.462 e. The van der Waals surface area contributed by atoms with Crippen molar-refractivity contribution >= 4 is 22.6 Å². The van der Waals surface area contributed by atoms with E-state index in [4.69, 9.17) is 16.0 Å². The van der Waals surface area contributed by atoms with Crippen LogP contribution in [0.25, 0.3) is 11.0 Å². The first-order valence-corrected chi connectivity index (χ1v) is 5.50. The summed E-state index contributed by atoms with van der Waals surface area (Å²) in [6, 6.07) is 5.87. The molecule has 1 N–H and O–H groups in total. The summed E-state index contributed by atoms with van der Waals surface area (Å²) in [6.07, 6.45) is 3.94. The van der Waals surface area contributed by atoms with Gasteiger partial charge in [-0.25, -0.2) is 0 Å². The van der Waals surface area contributed by atoms with Crippen molar-refractivity contribution in [2.75, 3.05) is 13.6 Å². The van der Waals surface area contributed by atoms with Crippen molar-refractivity contribution in [2.45, 2.75) is 12.8 Å². The number of fused-ring (bicyclic) bond motifs is 1. The molecule has 0 fully saturated rings. The van der Waals surface area contributed by atoms with Crippen LogP contribution in [0, 0.1) is 0 Å². The van der Waals surface area contributed by atoms with Crippen molar-refractivity contribution < 1.29 is 4.42 Å². The fraction of sp³-hybridized carbons (Fsp3) is 0.333. The molecule has 0 saturated carbocycles. The fourth-order valence-electron chi connectivity index (χ4n) is 1.72. The zero-order chi connectivity index (χ0) is 10.7. The average Bonchev–Trinajstić information content (AvgIpc) is 2.64. The lowest BCUT2D eigenvalue weighted by atomic mass is 10.1. The number of halogens is 1. The van der Waals surface area contributed by atoms with Crippen molar-refractivity contribution in [1.82, 2.24) is 5.32 Å². The summed E-state index contributed by atoms with van der Waals surface area (Å²) in [7, 11) is 1.96. The molecular weight excluding hydrogens is 210 g/mol. The minimum atomic E-state index is 0.687. The van der Waals surface area contributed by atoms with Crippen LogP contribution in [-0.4, -0.2) is 13.6 Å². The van der Waals surface area contributed by atoms with Gasteiger partial charge < -0.3 is 9.73 Å². The maximum atomic E-state index is 6.03. The smallest absolute Gasteiger partial charge is 0.152 e. The van der Waals surface area contributed by atoms with Crippen LogP contribution in [0.15, 0.2) is 28.9 Å². The summed E-state index contributed by atoms with van der Waals surface area (Å²) in [5.41, 5.74) is 2.04. The van der Waals surface area contributed by atoms with Gasteiger partial charge in [0.25, 0.3) is 0 Å². The van der Waals surface area contributed by atoms with Gasteiger partial charge in [-0.3, -0.25) is 0 Å². The van der Waals surface area contributed by atoms with Crippen LogP contribution in [0.5, 0.6) is 0 Å². The zero-order valence-corrected chi connectivity index (χ0v) is 9.47. The topological polar surface area (TPSA) is 25.2 Å². The second kappa shape index (κ2) is 4.69. The molecule has 0 aliphatic rings. The van der Waals surface area contributed by atoms with E-state index in [0.29, 0.717) is 5.02 Å². The highest BCUT2D eigenvalue weighted by Crippen LogP contribution is 2.28. The quantitative estimate of drug-likeness (QED) is 0.806. The highest BCUT2D eigenvalue weighted by Gasteiger charge is 2.07. The summed E-state index contributed by atoms with van der Waals surface area (Å²) < 4.78 is 5.46. The van der Waals surface area contributed by atoms with Gasteiger partial charge in [0.05, 0.1) is 11.3 Å². The second-order valence-electron chi connectivity index (χ2n) is 3.58. The molecule has 1 aromatic carbocycles. The van der Waals surface area contributed by atoms with E-state index in [2.05, 4.69) is 11.4 Å². The van der Waals surface area contributed by atoms with E-state index in [1.54, 1.807) is 0 Å². The van der Waals surface area contributed by atoms with E-state index in [-0.39, 0.29) is 0 Å². The molecule has 1 heterocycles. The minimum absolute atomic E-state index is 0.687. The summed E-state index contributed by atoms with van der Waals surface area (Å²) in [4.78, 5) is 0. The SMILES string of the molecule is CNCCCc1coc2c(Cl)cccc12. The number of nitrogens with one attached hydrogen (secondary N) is 1. The molecule has 0 radical (unpaired) electrons. The number of aryl methyl sites for hydroxylation is 1. The monoisotopic (exact) mass is 223 g/mol.